The Bertz CT molecular complexity index is 1180. The highest BCUT2D eigenvalue weighted by molar-refractivity contribution is 7.13. The second kappa shape index (κ2) is 8.67. The van der Waals surface area contributed by atoms with Crippen LogP contribution in [0.5, 0.6) is 5.75 Å². The number of nitrogens with zero attached hydrogens (tertiary/aromatic N) is 3. The molecular weight excluding hydrogens is 382 g/mol. The number of amides is 1. The van der Waals surface area contributed by atoms with Crippen LogP contribution in [0.25, 0.3) is 10.6 Å². The van der Waals surface area contributed by atoms with Gasteiger partial charge in [-0.1, -0.05) is 36.4 Å². The Kier molecular flexibility index (Phi) is 5.63. The van der Waals surface area contributed by atoms with Gasteiger partial charge in [0.1, 0.15) is 21.9 Å². The van der Waals surface area contributed by atoms with Crippen LogP contribution < -0.4 is 10.2 Å². The maximum Gasteiger partial charge on any atom is 0.298 e. The summed E-state index contributed by atoms with van der Waals surface area (Å²) in [6.45, 7) is 0.641. The summed E-state index contributed by atoms with van der Waals surface area (Å²) in [4.78, 5) is 21.5. The zero-order valence-corrected chi connectivity index (χ0v) is 16.7. The van der Waals surface area contributed by atoms with E-state index < -0.39 is 0 Å². The van der Waals surface area contributed by atoms with Gasteiger partial charge in [0.2, 0.25) is 0 Å². The molecule has 0 atom stereocenters. The Hall–Kier alpha value is -3.51. The Morgan fingerprint density at radius 1 is 1.03 bits per heavy atom. The topological polar surface area (TPSA) is 56.5 Å². The zero-order valence-electron chi connectivity index (χ0n) is 15.9. The SMILES string of the molecule is COc1ccc(-c2nc(C(=O)N=c3ccccn3Cc3ccccc3)cs2)cc1. The van der Waals surface area contributed by atoms with Crippen molar-refractivity contribution in [2.24, 2.45) is 4.99 Å². The molecule has 4 aromatic rings. The summed E-state index contributed by atoms with van der Waals surface area (Å²) >= 11 is 1.42. The first-order valence-electron chi connectivity index (χ1n) is 9.11. The lowest BCUT2D eigenvalue weighted by molar-refractivity contribution is 0.0993. The fourth-order valence-electron chi connectivity index (χ4n) is 2.88. The predicted octanol–water partition coefficient (Wildman–Crippen LogP) is 4.41. The lowest BCUT2D eigenvalue weighted by atomic mass is 10.2. The number of thiazole rings is 1. The molecule has 0 aliphatic heterocycles. The van der Waals surface area contributed by atoms with Crippen LogP contribution in [-0.2, 0) is 6.54 Å². The molecule has 0 bridgehead atoms. The van der Waals surface area contributed by atoms with Crippen molar-refractivity contribution in [2.75, 3.05) is 7.11 Å². The van der Waals surface area contributed by atoms with Gasteiger partial charge in [0, 0.05) is 23.7 Å². The van der Waals surface area contributed by atoms with Crippen LogP contribution in [0.15, 0.2) is 89.4 Å². The maximum absolute atomic E-state index is 12.7. The van der Waals surface area contributed by atoms with Gasteiger partial charge < -0.3 is 9.30 Å². The highest BCUT2D eigenvalue weighted by Crippen LogP contribution is 2.25. The average molecular weight is 401 g/mol. The highest BCUT2D eigenvalue weighted by atomic mass is 32.1. The van der Waals surface area contributed by atoms with E-state index in [1.807, 2.05) is 83.6 Å². The van der Waals surface area contributed by atoms with E-state index in [4.69, 9.17) is 4.74 Å². The van der Waals surface area contributed by atoms with Crippen LogP contribution in [0.4, 0.5) is 0 Å². The van der Waals surface area contributed by atoms with Crippen LogP contribution in [-0.4, -0.2) is 22.6 Å². The lowest BCUT2D eigenvalue weighted by Crippen LogP contribution is -2.22. The Morgan fingerprint density at radius 2 is 1.79 bits per heavy atom. The number of hydrogen-bond donors (Lipinski definition) is 0. The van der Waals surface area contributed by atoms with Crippen molar-refractivity contribution in [3.63, 3.8) is 0 Å². The molecule has 5 nitrogen and oxygen atoms in total. The van der Waals surface area contributed by atoms with Crippen molar-refractivity contribution < 1.29 is 9.53 Å². The van der Waals surface area contributed by atoms with Gasteiger partial charge in [-0.2, -0.15) is 4.99 Å². The summed E-state index contributed by atoms with van der Waals surface area (Å²) < 4.78 is 7.13. The summed E-state index contributed by atoms with van der Waals surface area (Å²) in [5, 5.41) is 2.52. The third kappa shape index (κ3) is 4.50. The quantitative estimate of drug-likeness (QED) is 0.498. The van der Waals surface area contributed by atoms with E-state index in [9.17, 15) is 4.79 Å². The molecule has 0 aliphatic carbocycles. The Morgan fingerprint density at radius 3 is 2.55 bits per heavy atom. The monoisotopic (exact) mass is 401 g/mol. The van der Waals surface area contributed by atoms with Gasteiger partial charge in [0.05, 0.1) is 7.11 Å². The van der Waals surface area contributed by atoms with Gasteiger partial charge in [-0.25, -0.2) is 4.98 Å². The molecular formula is C23H19N3O2S. The van der Waals surface area contributed by atoms with Crippen LogP contribution in [0.2, 0.25) is 0 Å². The molecule has 0 fully saturated rings. The van der Waals surface area contributed by atoms with E-state index in [2.05, 4.69) is 9.98 Å². The maximum atomic E-state index is 12.7. The number of aromatic nitrogens is 2. The molecule has 0 aliphatic rings. The van der Waals surface area contributed by atoms with Gasteiger partial charge >= 0.3 is 0 Å². The highest BCUT2D eigenvalue weighted by Gasteiger charge is 2.11. The Labute approximate surface area is 172 Å². The molecule has 144 valence electrons. The standard InChI is InChI=1S/C23H19N3O2S/c1-28-19-12-10-18(11-13-19)23-24-20(16-29-23)22(27)25-21-9-5-6-14-26(21)15-17-7-3-2-4-8-17/h2-14,16H,15H2,1H3. The number of rotatable bonds is 5. The van der Waals surface area contributed by atoms with E-state index in [1.165, 1.54) is 11.3 Å². The van der Waals surface area contributed by atoms with E-state index in [0.717, 1.165) is 21.9 Å². The zero-order chi connectivity index (χ0) is 20.1. The van der Waals surface area contributed by atoms with Crippen LogP contribution in [0.3, 0.4) is 0 Å². The first-order chi connectivity index (χ1) is 14.2. The van der Waals surface area contributed by atoms with Crippen LogP contribution in [0, 0.1) is 0 Å². The minimum Gasteiger partial charge on any atom is -0.497 e. The van der Waals surface area contributed by atoms with E-state index in [1.54, 1.807) is 12.5 Å². The second-order valence-corrected chi connectivity index (χ2v) is 7.21. The smallest absolute Gasteiger partial charge is 0.298 e. The summed E-state index contributed by atoms with van der Waals surface area (Å²) in [5.74, 6) is 0.428. The van der Waals surface area contributed by atoms with Crippen molar-refractivity contribution in [3.05, 3.63) is 101 Å². The van der Waals surface area contributed by atoms with Crippen LogP contribution in [0.1, 0.15) is 16.1 Å². The number of carbonyl (C=O) groups is 1. The van der Waals surface area contributed by atoms with Crippen molar-refractivity contribution in [2.45, 2.75) is 6.54 Å². The minimum absolute atomic E-state index is 0.343. The predicted molar refractivity (Wildman–Crippen MR) is 114 cm³/mol. The number of hydrogen-bond acceptors (Lipinski definition) is 4. The molecule has 0 saturated carbocycles. The molecule has 0 spiro atoms. The molecule has 0 unspecified atom stereocenters. The average Bonchev–Trinajstić information content (AvgIpc) is 3.26. The fraction of sp³-hybridized carbons (Fsp3) is 0.0870. The molecule has 2 aromatic carbocycles. The third-order valence-electron chi connectivity index (χ3n) is 4.39. The molecule has 2 heterocycles. The molecule has 1 amide bonds. The van der Waals surface area contributed by atoms with Crippen molar-refractivity contribution >= 4 is 17.2 Å². The summed E-state index contributed by atoms with van der Waals surface area (Å²) in [6.07, 6.45) is 1.92. The van der Waals surface area contributed by atoms with Crippen LogP contribution >= 0.6 is 11.3 Å². The lowest BCUT2D eigenvalue weighted by Gasteiger charge is -2.07. The molecule has 0 saturated heterocycles. The van der Waals surface area contributed by atoms with Crippen molar-refractivity contribution in [1.29, 1.82) is 0 Å². The first kappa shape index (κ1) is 18.8. The fourth-order valence-corrected chi connectivity index (χ4v) is 3.68. The van der Waals surface area contributed by atoms with E-state index in [-0.39, 0.29) is 5.91 Å². The molecule has 0 radical (unpaired) electrons. The largest absolute Gasteiger partial charge is 0.497 e. The second-order valence-electron chi connectivity index (χ2n) is 6.36. The summed E-state index contributed by atoms with van der Waals surface area (Å²) in [5.41, 5.74) is 3.02. The van der Waals surface area contributed by atoms with Gasteiger partial charge in [-0.3, -0.25) is 4.79 Å². The molecule has 2 aromatic heterocycles. The third-order valence-corrected chi connectivity index (χ3v) is 5.28. The van der Waals surface area contributed by atoms with Crippen molar-refractivity contribution in [3.8, 4) is 16.3 Å². The minimum atomic E-state index is -0.353. The number of benzene rings is 2. The Balaban J connectivity index is 1.59. The van der Waals surface area contributed by atoms with E-state index in [0.29, 0.717) is 17.7 Å². The molecule has 29 heavy (non-hydrogen) atoms. The molecule has 4 rings (SSSR count). The first-order valence-corrected chi connectivity index (χ1v) is 9.99. The molecule has 6 heteroatoms. The van der Waals surface area contributed by atoms with E-state index >= 15 is 0 Å². The molecule has 0 N–H and O–H groups in total. The number of ether oxygens (including phenoxy) is 1. The summed E-state index contributed by atoms with van der Waals surface area (Å²) in [6, 6.07) is 23.3. The van der Waals surface area contributed by atoms with Gasteiger partial charge in [0.15, 0.2) is 0 Å². The number of methoxy groups -OCH3 is 1. The summed E-state index contributed by atoms with van der Waals surface area (Å²) in [7, 11) is 1.63. The van der Waals surface area contributed by atoms with Crippen molar-refractivity contribution in [1.82, 2.24) is 9.55 Å². The normalized spacial score (nSPS) is 11.4. The van der Waals surface area contributed by atoms with Gasteiger partial charge in [0.25, 0.3) is 5.91 Å². The number of carbonyl (C=O) groups excluding carboxylic acids is 1. The number of pyridine rings is 1. The van der Waals surface area contributed by atoms with Gasteiger partial charge in [-0.05, 0) is 42.0 Å². The van der Waals surface area contributed by atoms with Gasteiger partial charge in [-0.15, -0.1) is 11.3 Å².